The van der Waals surface area contributed by atoms with Gasteiger partial charge < -0.3 is 9.64 Å². The first-order valence-corrected chi connectivity index (χ1v) is 6.80. The second-order valence-electron chi connectivity index (χ2n) is 5.66. The van der Waals surface area contributed by atoms with Gasteiger partial charge in [-0.1, -0.05) is 0 Å². The van der Waals surface area contributed by atoms with Crippen LogP contribution in [0.15, 0.2) is 0 Å². The third kappa shape index (κ3) is 2.27. The lowest BCUT2D eigenvalue weighted by Gasteiger charge is -2.36. The van der Waals surface area contributed by atoms with Gasteiger partial charge >= 0.3 is 0 Å². The van der Waals surface area contributed by atoms with Crippen molar-refractivity contribution < 1.29 is 26.7 Å². The molecule has 2 aliphatic heterocycles. The van der Waals surface area contributed by atoms with Crippen LogP contribution in [0.4, 0.5) is 22.0 Å². The molecule has 0 saturated carbocycles. The van der Waals surface area contributed by atoms with Gasteiger partial charge in [0.15, 0.2) is 5.75 Å². The third-order valence-corrected chi connectivity index (χ3v) is 4.51. The number of halogens is 5. The molecular formula is C14H14F5NO. The summed E-state index contributed by atoms with van der Waals surface area (Å²) in [6, 6.07) is 0.463. The molecule has 3 rings (SSSR count). The lowest BCUT2D eigenvalue weighted by Crippen LogP contribution is -2.44. The van der Waals surface area contributed by atoms with E-state index in [1.165, 1.54) is 0 Å². The molecule has 1 aromatic rings. The van der Waals surface area contributed by atoms with Crippen molar-refractivity contribution in [3.63, 3.8) is 0 Å². The minimum atomic E-state index is -2.17. The fourth-order valence-electron chi connectivity index (χ4n) is 3.31. The van der Waals surface area contributed by atoms with E-state index in [1.807, 2.05) is 7.05 Å². The van der Waals surface area contributed by atoms with Crippen molar-refractivity contribution in [3.05, 3.63) is 29.1 Å². The Labute approximate surface area is 118 Å². The molecule has 0 N–H and O–H groups in total. The second-order valence-corrected chi connectivity index (χ2v) is 5.66. The second kappa shape index (κ2) is 5.12. The summed E-state index contributed by atoms with van der Waals surface area (Å²) < 4.78 is 71.6. The quantitative estimate of drug-likeness (QED) is 0.472. The fraction of sp³-hybridized carbons (Fsp3) is 0.571. The Morgan fingerprint density at radius 3 is 1.71 bits per heavy atom. The fourth-order valence-corrected chi connectivity index (χ4v) is 3.31. The monoisotopic (exact) mass is 307 g/mol. The van der Waals surface area contributed by atoms with E-state index in [0.29, 0.717) is 12.8 Å². The molecule has 2 heterocycles. The van der Waals surface area contributed by atoms with Crippen LogP contribution < -0.4 is 4.74 Å². The Morgan fingerprint density at radius 2 is 1.24 bits per heavy atom. The van der Waals surface area contributed by atoms with Gasteiger partial charge in [0.2, 0.25) is 29.1 Å². The average Bonchev–Trinajstić information content (AvgIpc) is 2.69. The number of hydrogen-bond acceptors (Lipinski definition) is 2. The van der Waals surface area contributed by atoms with Gasteiger partial charge in [0, 0.05) is 12.1 Å². The highest BCUT2D eigenvalue weighted by molar-refractivity contribution is 5.30. The van der Waals surface area contributed by atoms with Crippen LogP contribution in [0.3, 0.4) is 0 Å². The SMILES string of the molecule is CN1[C@@H]2CC[C@H]1CC(Oc1c(F)c(F)c(F)c(F)c1F)C2. The molecule has 2 nitrogen and oxygen atoms in total. The van der Waals surface area contributed by atoms with Crippen molar-refractivity contribution >= 4 is 0 Å². The summed E-state index contributed by atoms with van der Waals surface area (Å²) in [6.07, 6.45) is 2.42. The number of piperidine rings is 1. The van der Waals surface area contributed by atoms with Crippen LogP contribution in [0.5, 0.6) is 5.75 Å². The number of fused-ring (bicyclic) bond motifs is 2. The molecular weight excluding hydrogens is 293 g/mol. The smallest absolute Gasteiger partial charge is 0.207 e. The Balaban J connectivity index is 1.86. The van der Waals surface area contributed by atoms with Gasteiger partial charge in [0.05, 0.1) is 0 Å². The molecule has 0 amide bonds. The van der Waals surface area contributed by atoms with E-state index in [9.17, 15) is 22.0 Å². The molecule has 2 fully saturated rings. The molecule has 0 aliphatic carbocycles. The van der Waals surface area contributed by atoms with Crippen LogP contribution in [0, 0.1) is 29.1 Å². The molecule has 1 unspecified atom stereocenters. The van der Waals surface area contributed by atoms with E-state index >= 15 is 0 Å². The van der Waals surface area contributed by atoms with Crippen LogP contribution >= 0.6 is 0 Å². The number of rotatable bonds is 2. The van der Waals surface area contributed by atoms with Crippen LogP contribution in [0.1, 0.15) is 25.7 Å². The molecule has 2 bridgehead atoms. The van der Waals surface area contributed by atoms with Gasteiger partial charge in [0.25, 0.3) is 0 Å². The Morgan fingerprint density at radius 1 is 0.810 bits per heavy atom. The normalized spacial score (nSPS) is 29.0. The molecule has 116 valence electrons. The van der Waals surface area contributed by atoms with Gasteiger partial charge in [-0.25, -0.2) is 13.2 Å². The average molecular weight is 307 g/mol. The predicted molar refractivity (Wildman–Crippen MR) is 64.5 cm³/mol. The zero-order valence-electron chi connectivity index (χ0n) is 11.3. The minimum Gasteiger partial charge on any atom is -0.484 e. The molecule has 7 heteroatoms. The van der Waals surface area contributed by atoms with Crippen LogP contribution in [-0.4, -0.2) is 30.1 Å². The van der Waals surface area contributed by atoms with E-state index in [2.05, 4.69) is 4.90 Å². The van der Waals surface area contributed by atoms with Gasteiger partial charge in [-0.2, -0.15) is 8.78 Å². The van der Waals surface area contributed by atoms with Gasteiger partial charge in [-0.3, -0.25) is 0 Å². The summed E-state index contributed by atoms with van der Waals surface area (Å²) in [5.41, 5.74) is 0. The maximum Gasteiger partial charge on any atom is 0.207 e. The number of ether oxygens (including phenoxy) is 1. The topological polar surface area (TPSA) is 12.5 Å². The molecule has 0 aromatic heterocycles. The largest absolute Gasteiger partial charge is 0.484 e. The number of hydrogen-bond donors (Lipinski definition) is 0. The van der Waals surface area contributed by atoms with Crippen molar-refractivity contribution in [1.82, 2.24) is 4.90 Å². The first-order chi connectivity index (χ1) is 9.90. The lowest BCUT2D eigenvalue weighted by molar-refractivity contribution is 0.0592. The summed E-state index contributed by atoms with van der Waals surface area (Å²) in [5.74, 6) is -11.1. The Kier molecular flexibility index (Phi) is 3.55. The summed E-state index contributed by atoms with van der Waals surface area (Å²) >= 11 is 0. The summed E-state index contributed by atoms with van der Waals surface area (Å²) in [6.45, 7) is 0. The number of benzene rings is 1. The van der Waals surface area contributed by atoms with Crippen molar-refractivity contribution in [2.24, 2.45) is 0 Å². The van der Waals surface area contributed by atoms with E-state index < -0.39 is 40.9 Å². The molecule has 2 saturated heterocycles. The van der Waals surface area contributed by atoms with Crippen molar-refractivity contribution in [2.75, 3.05) is 7.05 Å². The highest BCUT2D eigenvalue weighted by Gasteiger charge is 2.40. The highest BCUT2D eigenvalue weighted by Crippen LogP contribution is 2.37. The summed E-state index contributed by atoms with van der Waals surface area (Å²) in [7, 11) is 1.97. The first-order valence-electron chi connectivity index (χ1n) is 6.80. The molecule has 21 heavy (non-hydrogen) atoms. The Bertz CT molecular complexity index is 536. The maximum atomic E-state index is 13.6. The van der Waals surface area contributed by atoms with Crippen LogP contribution in [0.25, 0.3) is 0 Å². The van der Waals surface area contributed by atoms with Crippen LogP contribution in [0.2, 0.25) is 0 Å². The van der Waals surface area contributed by atoms with Crippen molar-refractivity contribution in [2.45, 2.75) is 43.9 Å². The third-order valence-electron chi connectivity index (χ3n) is 4.51. The predicted octanol–water partition coefficient (Wildman–Crippen LogP) is 3.39. The summed E-state index contributed by atoms with van der Waals surface area (Å²) in [4.78, 5) is 2.18. The van der Waals surface area contributed by atoms with Gasteiger partial charge in [0.1, 0.15) is 6.10 Å². The zero-order valence-corrected chi connectivity index (χ0v) is 11.3. The van der Waals surface area contributed by atoms with Crippen molar-refractivity contribution in [3.8, 4) is 5.75 Å². The van der Waals surface area contributed by atoms with E-state index in [-0.39, 0.29) is 12.1 Å². The molecule has 2 aliphatic rings. The first kappa shape index (κ1) is 14.6. The highest BCUT2D eigenvalue weighted by atomic mass is 19.2. The van der Waals surface area contributed by atoms with E-state index in [0.717, 1.165) is 12.8 Å². The summed E-state index contributed by atoms with van der Waals surface area (Å²) in [5, 5.41) is 0. The molecule has 0 spiro atoms. The van der Waals surface area contributed by atoms with E-state index in [1.54, 1.807) is 0 Å². The van der Waals surface area contributed by atoms with Gasteiger partial charge in [-0.05, 0) is 32.7 Å². The Hall–Kier alpha value is -1.37. The molecule has 3 atom stereocenters. The van der Waals surface area contributed by atoms with Gasteiger partial charge in [-0.15, -0.1) is 0 Å². The maximum absolute atomic E-state index is 13.6. The molecule has 0 radical (unpaired) electrons. The number of nitrogens with zero attached hydrogens (tertiary/aromatic N) is 1. The minimum absolute atomic E-state index is 0.231. The standard InChI is InChI=1S/C14H14F5NO/c1-20-6-2-3-7(20)5-8(4-6)21-14-12(18)10(16)9(15)11(17)13(14)19/h6-8H,2-5H2,1H3/t6-,7+,8?. The molecule has 1 aromatic carbocycles. The zero-order chi connectivity index (χ0) is 15.3. The van der Waals surface area contributed by atoms with Crippen LogP contribution in [-0.2, 0) is 0 Å². The van der Waals surface area contributed by atoms with Crippen molar-refractivity contribution in [1.29, 1.82) is 0 Å². The van der Waals surface area contributed by atoms with E-state index in [4.69, 9.17) is 4.74 Å². The lowest BCUT2D eigenvalue weighted by atomic mass is 10.0.